The predicted molar refractivity (Wildman–Crippen MR) is 474 cm³/mol. The molecule has 1 saturated carbocycles. The van der Waals surface area contributed by atoms with Crippen LogP contribution in [0.3, 0.4) is 0 Å². The molecule has 5 aromatic rings. The lowest BCUT2D eigenvalue weighted by Crippen LogP contribution is -2.61. The third kappa shape index (κ3) is 32.3. The third-order valence-electron chi connectivity index (χ3n) is 23.9. The predicted octanol–water partition coefficient (Wildman–Crippen LogP) is 8.07. The number of amides is 2. The number of cyclic esters (lactones) is 1. The summed E-state index contributed by atoms with van der Waals surface area (Å²) in [6.07, 6.45) is 15.2. The van der Waals surface area contributed by atoms with Gasteiger partial charge in [0.1, 0.15) is 59.2 Å². The van der Waals surface area contributed by atoms with Crippen molar-refractivity contribution in [1.82, 2.24) is 49.9 Å². The van der Waals surface area contributed by atoms with Crippen LogP contribution in [0, 0.1) is 35.5 Å². The number of aliphatic hydroxyl groups excluding tert-OH is 2. The van der Waals surface area contributed by atoms with Gasteiger partial charge in [0.25, 0.3) is 17.7 Å². The van der Waals surface area contributed by atoms with Crippen LogP contribution < -0.4 is 16.0 Å². The maximum Gasteiger partial charge on any atom is 0.329 e. The van der Waals surface area contributed by atoms with Gasteiger partial charge in [-0.2, -0.15) is 10.1 Å². The minimum Gasteiger partial charge on any atom is -0.460 e. The van der Waals surface area contributed by atoms with E-state index in [1.54, 1.807) is 59.1 Å². The van der Waals surface area contributed by atoms with Gasteiger partial charge in [-0.05, 0) is 138 Å². The number of oxazole rings is 1. The maximum absolute atomic E-state index is 14.7. The van der Waals surface area contributed by atoms with Gasteiger partial charge in [-0.1, -0.05) is 76.3 Å². The molecule has 4 aliphatic rings. The Morgan fingerprint density at radius 3 is 2.07 bits per heavy atom. The molecule has 128 heavy (non-hydrogen) atoms. The van der Waals surface area contributed by atoms with Gasteiger partial charge >= 0.3 is 5.97 Å². The highest BCUT2D eigenvalue weighted by Gasteiger charge is 2.53. The molecule has 6 N–H and O–H groups in total. The third-order valence-corrected chi connectivity index (χ3v) is 23.9. The second-order valence-electron chi connectivity index (χ2n) is 34.0. The van der Waals surface area contributed by atoms with Crippen LogP contribution in [0.5, 0.6) is 0 Å². The van der Waals surface area contributed by atoms with Crippen molar-refractivity contribution in [3.8, 4) is 11.3 Å². The second-order valence-corrected chi connectivity index (χ2v) is 34.0. The van der Waals surface area contributed by atoms with Crippen LogP contribution in [0.2, 0.25) is 0 Å². The number of rotatable bonds is 45. The first kappa shape index (κ1) is 103. The number of methoxy groups -OCH3 is 2. The van der Waals surface area contributed by atoms with Crippen molar-refractivity contribution in [3.05, 3.63) is 84.0 Å². The van der Waals surface area contributed by atoms with E-state index in [2.05, 4.69) is 30.6 Å². The Bertz CT molecular complexity index is 4360. The van der Waals surface area contributed by atoms with Gasteiger partial charge in [-0.25, -0.2) is 24.1 Å². The highest BCUT2D eigenvalue weighted by atomic mass is 16.6. The lowest BCUT2D eigenvalue weighted by atomic mass is 9.78. The van der Waals surface area contributed by atoms with Crippen molar-refractivity contribution in [2.45, 2.75) is 219 Å². The normalized spacial score (nSPS) is 25.8. The molecule has 15 atom stereocenters. The molecule has 0 unspecified atom stereocenters. The summed E-state index contributed by atoms with van der Waals surface area (Å²) in [6.45, 7) is 21.3. The highest BCUT2D eigenvalue weighted by Crippen LogP contribution is 2.40. The number of nitrogens with one attached hydrogen (secondary N) is 1. The van der Waals surface area contributed by atoms with Gasteiger partial charge in [-0.15, -0.1) is 5.10 Å². The molecule has 9 rings (SSSR count). The van der Waals surface area contributed by atoms with Gasteiger partial charge in [0.15, 0.2) is 17.0 Å². The van der Waals surface area contributed by atoms with E-state index in [4.69, 9.17) is 81.6 Å². The first-order valence-corrected chi connectivity index (χ1v) is 45.4. The topological polar surface area (TPSA) is 437 Å². The minimum absolute atomic E-state index is 0.0494. The fourth-order valence-corrected chi connectivity index (χ4v) is 16.5. The summed E-state index contributed by atoms with van der Waals surface area (Å²) in [4.78, 5) is 101. The van der Waals surface area contributed by atoms with Gasteiger partial charge in [0.2, 0.25) is 11.7 Å². The number of Topliss-reactive ketones (excluding diaryl/α,β-unsaturated/α-hetero) is 3. The van der Waals surface area contributed by atoms with Crippen LogP contribution in [-0.4, -0.2) is 310 Å². The SMILES string of the molecule is CO[C@H]1C[C@@H]2CC[C@@H](C)[C@@](O)(O2)C(=O)C(=O)N2CCCC[C@H]2C(=O)O[C@H]([C@H](C)C[C@@H]2CC[C@@H](OCCOCc3cn(CCOCCOCCOCCOCCOCCOCCOCCOCCC(=O)NCCCCn4nc(-c5ccc6oc(N)nc6c5)c5c(N(C)C)ncnc54)nn3)[C@H](OC)C2)CC(=O)[C@H](C)/C=C(\C)[C@@H](O)[C@@H](O)C(=O)[C@H](C)C[C@H](C)/C=C/C=CC=C1C. The number of aryl methyl sites for hydroxylation is 1. The molecule has 36 heteroatoms. The average molecular weight is 1800 g/mol. The number of piperidine rings is 1. The van der Waals surface area contributed by atoms with Gasteiger partial charge < -0.3 is 107 Å². The number of nitrogen functional groups attached to an aromatic ring is 1. The molecule has 2 amide bonds. The van der Waals surface area contributed by atoms with Crippen LogP contribution in [0.4, 0.5) is 11.8 Å². The summed E-state index contributed by atoms with van der Waals surface area (Å²) < 4.78 is 90.8. The largest absolute Gasteiger partial charge is 0.460 e. The maximum atomic E-state index is 14.7. The summed E-state index contributed by atoms with van der Waals surface area (Å²) >= 11 is 0. The van der Waals surface area contributed by atoms with E-state index in [1.807, 2.05) is 93.0 Å². The van der Waals surface area contributed by atoms with Gasteiger partial charge in [-0.3, -0.25) is 24.0 Å². The summed E-state index contributed by atoms with van der Waals surface area (Å²) in [6, 6.07) is 4.54. The Labute approximate surface area is 751 Å². The molecular weight excluding hydrogens is 1660 g/mol. The highest BCUT2D eigenvalue weighted by molar-refractivity contribution is 6.39. The number of aromatic nitrogens is 8. The number of nitrogens with two attached hydrogens (primary N) is 1. The van der Waals surface area contributed by atoms with Crippen LogP contribution in [0.15, 0.2) is 82.7 Å². The van der Waals surface area contributed by atoms with E-state index in [1.165, 1.54) is 11.0 Å². The van der Waals surface area contributed by atoms with E-state index in [0.29, 0.717) is 212 Å². The lowest BCUT2D eigenvalue weighted by Gasteiger charge is -2.42. The Morgan fingerprint density at radius 1 is 0.727 bits per heavy atom. The Hall–Kier alpha value is -8.28. The van der Waals surface area contributed by atoms with Gasteiger partial charge in [0.05, 0.1) is 168 Å². The minimum atomic E-state index is -2.48. The van der Waals surface area contributed by atoms with Crippen molar-refractivity contribution >= 4 is 69.1 Å². The number of anilines is 2. The number of ether oxygens (including phenoxy) is 14. The zero-order valence-corrected chi connectivity index (χ0v) is 76.8. The van der Waals surface area contributed by atoms with Crippen LogP contribution >= 0.6 is 0 Å². The van der Waals surface area contributed by atoms with E-state index < -0.39 is 89.5 Å². The van der Waals surface area contributed by atoms with Crippen molar-refractivity contribution in [2.75, 3.05) is 171 Å². The first-order valence-electron chi connectivity index (χ1n) is 45.4. The molecule has 0 spiro atoms. The number of hydrogen-bond acceptors (Lipinski definition) is 32. The van der Waals surface area contributed by atoms with Gasteiger partial charge in [0, 0.05) is 90.5 Å². The van der Waals surface area contributed by atoms with Crippen LogP contribution in [0.1, 0.15) is 150 Å². The summed E-state index contributed by atoms with van der Waals surface area (Å²) in [7, 11) is 7.07. The number of carbonyl (C=O) groups excluding carboxylic acids is 6. The number of ketones is 3. The van der Waals surface area contributed by atoms with E-state index in [9.17, 15) is 44.1 Å². The second kappa shape index (κ2) is 54.5. The van der Waals surface area contributed by atoms with Crippen molar-refractivity contribution in [1.29, 1.82) is 0 Å². The molecule has 3 fully saturated rings. The van der Waals surface area contributed by atoms with E-state index in [0.717, 1.165) is 47.3 Å². The fraction of sp³-hybridized carbons (Fsp3) is 0.696. The van der Waals surface area contributed by atoms with E-state index >= 15 is 0 Å². The summed E-state index contributed by atoms with van der Waals surface area (Å²) in [5, 5.41) is 51.9. The molecule has 3 aliphatic heterocycles. The Balaban J connectivity index is 0.580. The van der Waals surface area contributed by atoms with E-state index in [-0.39, 0.29) is 86.2 Å². The fourth-order valence-electron chi connectivity index (χ4n) is 16.5. The molecule has 1 aromatic carbocycles. The number of allylic oxidation sites excluding steroid dienone is 6. The standard InChI is InChI=1S/C92H140N12O24/c1-61-19-13-12-14-20-62(2)77(114-10)56-71-25-22-67(7)92(113,128-71)86(110)89(111)103-30-17-15-21-73(103)90(112)126-78(57-74(105)63(3)52-66(6)84(108)85(109)83(107)65(5)51-61)64(4)53-68-23-26-76(79(54-68)115-11)125-50-49-124-59-70-58-102(100-98-70)32-34-117-36-38-119-40-42-121-44-46-123-48-47-122-45-43-120-41-39-118-37-35-116-33-28-80(106)94-29-16-18-31-104-88-81(87(101(8)9)95-60-96-88)82(99-104)69-24-27-75-72(55-69)97-91(93)127-75/h12-14,19-20,24,27,52,55,58,60-61,63-65,67-68,71,73,76-79,84-85,108-109,113H,15-18,21-23,25-26,28-51,53-54,56-57,59H2,1-11H3,(H2,93,97)(H,94,106)/b14-12?,19-13+,62-20?,66-52+/t61-,63-,64-,65-,67-,68+,71+,73+,76-,77+,78+,79-,84-,85+,92-/m1/s1. The quantitative estimate of drug-likeness (QED) is 0.0106. The van der Waals surface area contributed by atoms with Crippen molar-refractivity contribution in [2.24, 2.45) is 35.5 Å². The molecule has 0 radical (unpaired) electrons. The molecule has 1 aliphatic carbocycles. The molecular formula is C92H140N12O24. The van der Waals surface area contributed by atoms with Crippen LogP contribution in [0.25, 0.3) is 33.4 Å². The number of hydrogen-bond donors (Lipinski definition) is 5. The number of benzene rings is 1. The smallest absolute Gasteiger partial charge is 0.329 e. The molecule has 712 valence electrons. The Morgan fingerprint density at radius 2 is 1.40 bits per heavy atom. The van der Waals surface area contributed by atoms with Crippen molar-refractivity contribution in [3.63, 3.8) is 0 Å². The number of nitrogens with zero attached hydrogens (tertiary/aromatic N) is 10. The first-order chi connectivity index (χ1) is 61.8. The Kier molecular flexibility index (Phi) is 44.1. The summed E-state index contributed by atoms with van der Waals surface area (Å²) in [5.41, 5.74) is 11.0. The zero-order valence-electron chi connectivity index (χ0n) is 76.8. The van der Waals surface area contributed by atoms with Crippen LogP contribution in [-0.2, 0) is 115 Å². The summed E-state index contributed by atoms with van der Waals surface area (Å²) in [5.74, 6) is -8.26. The molecule has 2 saturated heterocycles. The lowest BCUT2D eigenvalue weighted by molar-refractivity contribution is -0.265. The molecule has 36 nitrogen and oxygen atoms in total. The average Bonchev–Trinajstić information content (AvgIpc) is 1.60. The number of fused-ring (bicyclic) bond motifs is 5. The number of unbranched alkanes of at least 4 members (excludes halogenated alkanes) is 1. The monoisotopic (exact) mass is 1800 g/mol. The molecule has 4 aromatic heterocycles. The van der Waals surface area contributed by atoms with Crippen molar-refractivity contribution < 1.29 is 115 Å². The zero-order chi connectivity index (χ0) is 91.9. The molecule has 2 bridgehead atoms. The number of esters is 1. The number of aliphatic hydroxyl groups is 3. The number of carbonyl (C=O) groups is 6. The molecule has 7 heterocycles.